The van der Waals surface area contributed by atoms with Crippen LogP contribution in [0.1, 0.15) is 50.6 Å². The van der Waals surface area contributed by atoms with Gasteiger partial charge in [-0.2, -0.15) is 4.98 Å². The van der Waals surface area contributed by atoms with Crippen LogP contribution < -0.4 is 10.6 Å². The number of hydrogen-bond acceptors (Lipinski definition) is 6. The number of nitrogens with one attached hydrogen (secondary N) is 2. The molecule has 1 fully saturated rings. The normalized spacial score (nSPS) is 21.2. The van der Waals surface area contributed by atoms with Crippen molar-refractivity contribution in [2.45, 2.75) is 38.8 Å². The SMILES string of the molecule is CCCC(OCC)c1noc(C2CNC(=O)CN2)n1. The third kappa shape index (κ3) is 3.51. The molecule has 106 valence electrons. The van der Waals surface area contributed by atoms with Gasteiger partial charge in [-0.25, -0.2) is 0 Å². The predicted octanol–water partition coefficient (Wildman–Crippen LogP) is 0.708. The van der Waals surface area contributed by atoms with E-state index in [-0.39, 0.29) is 24.6 Å². The number of ether oxygens (including phenoxy) is 1. The molecule has 2 atom stereocenters. The zero-order chi connectivity index (χ0) is 13.7. The molecule has 1 aliphatic rings. The van der Waals surface area contributed by atoms with Crippen LogP contribution in [0.25, 0.3) is 0 Å². The number of piperazine rings is 1. The Balaban J connectivity index is 2.02. The van der Waals surface area contributed by atoms with Crippen molar-refractivity contribution >= 4 is 5.91 Å². The molecular weight excluding hydrogens is 248 g/mol. The standard InChI is InChI=1S/C12H20N4O3/c1-3-5-9(18-4-2)11-15-12(19-16-11)8-6-14-10(17)7-13-8/h8-9,13H,3-7H2,1-2H3,(H,14,17). The van der Waals surface area contributed by atoms with Crippen molar-refractivity contribution in [1.29, 1.82) is 0 Å². The van der Waals surface area contributed by atoms with E-state index in [0.717, 1.165) is 12.8 Å². The second kappa shape index (κ2) is 6.63. The van der Waals surface area contributed by atoms with Gasteiger partial charge >= 0.3 is 0 Å². The van der Waals surface area contributed by atoms with Crippen molar-refractivity contribution < 1.29 is 14.1 Å². The van der Waals surface area contributed by atoms with E-state index in [1.54, 1.807) is 0 Å². The highest BCUT2D eigenvalue weighted by Gasteiger charge is 2.26. The summed E-state index contributed by atoms with van der Waals surface area (Å²) < 4.78 is 10.9. The van der Waals surface area contributed by atoms with Gasteiger partial charge in [-0.1, -0.05) is 18.5 Å². The van der Waals surface area contributed by atoms with Gasteiger partial charge in [-0.15, -0.1) is 0 Å². The molecule has 0 radical (unpaired) electrons. The average Bonchev–Trinajstić information content (AvgIpc) is 2.89. The first kappa shape index (κ1) is 14.0. The van der Waals surface area contributed by atoms with E-state index >= 15 is 0 Å². The summed E-state index contributed by atoms with van der Waals surface area (Å²) >= 11 is 0. The Hall–Kier alpha value is -1.47. The molecule has 1 saturated heterocycles. The van der Waals surface area contributed by atoms with Crippen LogP contribution in [-0.2, 0) is 9.53 Å². The minimum Gasteiger partial charge on any atom is -0.370 e. The van der Waals surface area contributed by atoms with Gasteiger partial charge in [-0.3, -0.25) is 10.1 Å². The smallest absolute Gasteiger partial charge is 0.245 e. The molecule has 0 aliphatic carbocycles. The number of nitrogens with zero attached hydrogens (tertiary/aromatic N) is 2. The van der Waals surface area contributed by atoms with E-state index in [1.165, 1.54) is 0 Å². The highest BCUT2D eigenvalue weighted by atomic mass is 16.5. The van der Waals surface area contributed by atoms with Gasteiger partial charge < -0.3 is 14.6 Å². The molecule has 7 nitrogen and oxygen atoms in total. The molecule has 2 rings (SSSR count). The van der Waals surface area contributed by atoms with Crippen LogP contribution in [0.2, 0.25) is 0 Å². The van der Waals surface area contributed by atoms with E-state index in [4.69, 9.17) is 9.26 Å². The lowest BCUT2D eigenvalue weighted by molar-refractivity contribution is -0.121. The molecule has 1 aromatic heterocycles. The summed E-state index contributed by atoms with van der Waals surface area (Å²) in [4.78, 5) is 15.4. The number of amides is 1. The molecule has 2 N–H and O–H groups in total. The minimum absolute atomic E-state index is 0.0193. The summed E-state index contributed by atoms with van der Waals surface area (Å²) in [6.45, 7) is 5.39. The lowest BCUT2D eigenvalue weighted by Gasteiger charge is -2.20. The fourth-order valence-electron chi connectivity index (χ4n) is 2.01. The fourth-order valence-corrected chi connectivity index (χ4v) is 2.01. The molecule has 0 bridgehead atoms. The summed E-state index contributed by atoms with van der Waals surface area (Å²) in [5, 5.41) is 9.80. The third-order valence-corrected chi connectivity index (χ3v) is 2.97. The molecule has 19 heavy (non-hydrogen) atoms. The summed E-state index contributed by atoms with van der Waals surface area (Å²) in [5.74, 6) is 1.06. The van der Waals surface area contributed by atoms with Gasteiger partial charge in [0.05, 0.1) is 6.54 Å². The molecule has 1 amide bonds. The fraction of sp³-hybridized carbons (Fsp3) is 0.750. The van der Waals surface area contributed by atoms with E-state index < -0.39 is 0 Å². The van der Waals surface area contributed by atoms with Gasteiger partial charge in [0.25, 0.3) is 0 Å². The first-order chi connectivity index (χ1) is 9.24. The van der Waals surface area contributed by atoms with Crippen molar-refractivity contribution in [3.05, 3.63) is 11.7 Å². The topological polar surface area (TPSA) is 89.3 Å². The predicted molar refractivity (Wildman–Crippen MR) is 67.3 cm³/mol. The van der Waals surface area contributed by atoms with Gasteiger partial charge in [0.2, 0.25) is 17.6 Å². The highest BCUT2D eigenvalue weighted by molar-refractivity contribution is 5.78. The van der Waals surface area contributed by atoms with Gasteiger partial charge in [0, 0.05) is 13.2 Å². The van der Waals surface area contributed by atoms with E-state index in [1.807, 2.05) is 6.92 Å². The van der Waals surface area contributed by atoms with Crippen molar-refractivity contribution in [2.24, 2.45) is 0 Å². The van der Waals surface area contributed by atoms with Crippen molar-refractivity contribution in [1.82, 2.24) is 20.8 Å². The minimum atomic E-state index is -0.122. The Kier molecular flexibility index (Phi) is 4.86. The maximum atomic E-state index is 11.1. The molecule has 1 aromatic rings. The maximum Gasteiger partial charge on any atom is 0.245 e. The lowest BCUT2D eigenvalue weighted by atomic mass is 10.2. The molecule has 7 heteroatoms. The molecule has 0 aromatic carbocycles. The van der Waals surface area contributed by atoms with Gasteiger partial charge in [0.15, 0.2) is 0 Å². The van der Waals surface area contributed by atoms with Crippen LogP contribution in [-0.4, -0.2) is 35.7 Å². The zero-order valence-corrected chi connectivity index (χ0v) is 11.3. The van der Waals surface area contributed by atoms with Crippen LogP contribution in [0.5, 0.6) is 0 Å². The van der Waals surface area contributed by atoms with Crippen molar-refractivity contribution in [2.75, 3.05) is 19.7 Å². The maximum absolute atomic E-state index is 11.1. The zero-order valence-electron chi connectivity index (χ0n) is 11.3. The summed E-state index contributed by atoms with van der Waals surface area (Å²) in [6, 6.07) is -0.122. The van der Waals surface area contributed by atoms with Crippen LogP contribution in [0, 0.1) is 0 Å². The molecule has 1 aliphatic heterocycles. The van der Waals surface area contributed by atoms with E-state index in [9.17, 15) is 4.79 Å². The largest absolute Gasteiger partial charge is 0.370 e. The Bertz CT molecular complexity index is 405. The Morgan fingerprint density at radius 1 is 1.53 bits per heavy atom. The quantitative estimate of drug-likeness (QED) is 0.789. The Morgan fingerprint density at radius 2 is 2.37 bits per heavy atom. The monoisotopic (exact) mass is 268 g/mol. The molecule has 2 heterocycles. The van der Waals surface area contributed by atoms with E-state index in [2.05, 4.69) is 27.7 Å². The Morgan fingerprint density at radius 3 is 3.00 bits per heavy atom. The number of aromatic nitrogens is 2. The summed E-state index contributed by atoms with van der Waals surface area (Å²) in [7, 11) is 0. The average molecular weight is 268 g/mol. The van der Waals surface area contributed by atoms with Crippen molar-refractivity contribution in [3.63, 3.8) is 0 Å². The summed E-state index contributed by atoms with van der Waals surface area (Å²) in [5.41, 5.74) is 0. The van der Waals surface area contributed by atoms with Crippen molar-refractivity contribution in [3.8, 4) is 0 Å². The molecule has 2 unspecified atom stereocenters. The van der Waals surface area contributed by atoms with Crippen LogP contribution in [0.4, 0.5) is 0 Å². The second-order valence-corrected chi connectivity index (χ2v) is 4.46. The molecule has 0 spiro atoms. The van der Waals surface area contributed by atoms with E-state index in [0.29, 0.717) is 24.9 Å². The first-order valence-corrected chi connectivity index (χ1v) is 6.69. The highest BCUT2D eigenvalue weighted by Crippen LogP contribution is 2.22. The third-order valence-electron chi connectivity index (χ3n) is 2.97. The Labute approximate surface area is 112 Å². The molecular formula is C12H20N4O3. The number of hydrogen-bond donors (Lipinski definition) is 2. The summed E-state index contributed by atoms with van der Waals surface area (Å²) in [6.07, 6.45) is 1.74. The molecule has 0 saturated carbocycles. The lowest BCUT2D eigenvalue weighted by Crippen LogP contribution is -2.47. The first-order valence-electron chi connectivity index (χ1n) is 6.69. The number of rotatable bonds is 6. The second-order valence-electron chi connectivity index (χ2n) is 4.46. The van der Waals surface area contributed by atoms with Crippen LogP contribution >= 0.6 is 0 Å². The van der Waals surface area contributed by atoms with Crippen LogP contribution in [0.15, 0.2) is 4.52 Å². The van der Waals surface area contributed by atoms with Gasteiger partial charge in [-0.05, 0) is 13.3 Å². The van der Waals surface area contributed by atoms with Crippen LogP contribution in [0.3, 0.4) is 0 Å². The number of carbonyl (C=O) groups excluding carboxylic acids is 1. The van der Waals surface area contributed by atoms with Gasteiger partial charge in [0.1, 0.15) is 12.1 Å². The number of carbonyl (C=O) groups is 1.